The van der Waals surface area contributed by atoms with E-state index in [-0.39, 0.29) is 0 Å². The summed E-state index contributed by atoms with van der Waals surface area (Å²) in [6.07, 6.45) is 3.71. The van der Waals surface area contributed by atoms with Crippen molar-refractivity contribution in [2.75, 3.05) is 0 Å². The maximum Gasteiger partial charge on any atom is 0.0378 e. The molecule has 0 heterocycles. The van der Waals surface area contributed by atoms with Crippen molar-refractivity contribution >= 4 is 0 Å². The van der Waals surface area contributed by atoms with Crippen LogP contribution in [0.3, 0.4) is 0 Å². The van der Waals surface area contributed by atoms with E-state index >= 15 is 0 Å². The Balaban J connectivity index is 4.24. The molecule has 0 aromatic heterocycles. The standard InChI is InChI=1S/C10H15N/c1-6-10(7-2)9(5)11-8(3)4/h6-7,11H,1,3,5H2,2,4H3/b10-7+. The van der Waals surface area contributed by atoms with Gasteiger partial charge in [0.2, 0.25) is 0 Å². The predicted octanol–water partition coefficient (Wildman–Crippen LogP) is 2.76. The average molecular weight is 149 g/mol. The maximum atomic E-state index is 3.83. The van der Waals surface area contributed by atoms with E-state index in [4.69, 9.17) is 0 Å². The zero-order valence-electron chi connectivity index (χ0n) is 7.28. The van der Waals surface area contributed by atoms with Crippen LogP contribution in [0.1, 0.15) is 13.8 Å². The van der Waals surface area contributed by atoms with E-state index < -0.39 is 0 Å². The molecule has 1 heteroatoms. The first kappa shape index (κ1) is 9.76. The van der Waals surface area contributed by atoms with Crippen LogP contribution in [0.2, 0.25) is 0 Å². The summed E-state index contributed by atoms with van der Waals surface area (Å²) >= 11 is 0. The molecule has 0 saturated heterocycles. The summed E-state index contributed by atoms with van der Waals surface area (Å²) in [6, 6.07) is 0. The Kier molecular flexibility index (Phi) is 4.04. The molecule has 0 amide bonds. The molecule has 0 rings (SSSR count). The van der Waals surface area contributed by atoms with Gasteiger partial charge in [-0.25, -0.2) is 0 Å². The highest BCUT2D eigenvalue weighted by Crippen LogP contribution is 2.05. The molecule has 0 aliphatic rings. The lowest BCUT2D eigenvalue weighted by Gasteiger charge is -2.08. The molecule has 11 heavy (non-hydrogen) atoms. The number of hydrogen-bond donors (Lipinski definition) is 1. The summed E-state index contributed by atoms with van der Waals surface area (Å²) < 4.78 is 0. The van der Waals surface area contributed by atoms with Gasteiger partial charge in [-0.3, -0.25) is 0 Å². The number of allylic oxidation sites excluding steroid dienone is 3. The Morgan fingerprint density at radius 3 is 2.18 bits per heavy atom. The lowest BCUT2D eigenvalue weighted by atomic mass is 10.2. The lowest BCUT2D eigenvalue weighted by Crippen LogP contribution is -2.09. The second-order valence-corrected chi connectivity index (χ2v) is 2.33. The first-order valence-corrected chi connectivity index (χ1v) is 3.52. The van der Waals surface area contributed by atoms with Gasteiger partial charge in [0, 0.05) is 11.4 Å². The molecule has 1 nitrogen and oxygen atoms in total. The predicted molar refractivity (Wildman–Crippen MR) is 51.0 cm³/mol. The molecule has 0 aliphatic carbocycles. The summed E-state index contributed by atoms with van der Waals surface area (Å²) in [5.74, 6) is 0. The average Bonchev–Trinajstić information content (AvgIpc) is 1.88. The molecule has 0 atom stereocenters. The van der Waals surface area contributed by atoms with E-state index in [9.17, 15) is 0 Å². The van der Waals surface area contributed by atoms with Crippen LogP contribution in [-0.4, -0.2) is 0 Å². The van der Waals surface area contributed by atoms with Crippen molar-refractivity contribution in [1.29, 1.82) is 0 Å². The highest BCUT2D eigenvalue weighted by molar-refractivity contribution is 5.36. The van der Waals surface area contributed by atoms with Crippen LogP contribution in [0.5, 0.6) is 0 Å². The third kappa shape index (κ3) is 3.46. The van der Waals surface area contributed by atoms with Crippen LogP contribution in [0.25, 0.3) is 0 Å². The Labute approximate surface area is 68.8 Å². The van der Waals surface area contributed by atoms with Crippen molar-refractivity contribution in [3.05, 3.63) is 48.9 Å². The first-order chi connectivity index (χ1) is 5.11. The third-order valence-electron chi connectivity index (χ3n) is 1.24. The van der Waals surface area contributed by atoms with E-state index in [1.807, 2.05) is 19.9 Å². The monoisotopic (exact) mass is 149 g/mol. The summed E-state index contributed by atoms with van der Waals surface area (Å²) in [5.41, 5.74) is 2.74. The molecule has 0 spiro atoms. The van der Waals surface area contributed by atoms with Crippen LogP contribution in [0, 0.1) is 0 Å². The minimum atomic E-state index is 0.843. The van der Waals surface area contributed by atoms with Gasteiger partial charge in [0.25, 0.3) is 0 Å². The van der Waals surface area contributed by atoms with Gasteiger partial charge in [-0.15, -0.1) is 0 Å². The van der Waals surface area contributed by atoms with Gasteiger partial charge < -0.3 is 5.32 Å². The molecular formula is C10H15N. The minimum absolute atomic E-state index is 0.843. The molecule has 0 unspecified atom stereocenters. The highest BCUT2D eigenvalue weighted by Gasteiger charge is 1.94. The molecular weight excluding hydrogens is 134 g/mol. The van der Waals surface area contributed by atoms with Crippen LogP contribution in [0.4, 0.5) is 0 Å². The summed E-state index contributed by atoms with van der Waals surface area (Å²) in [6.45, 7) is 15.0. The summed E-state index contributed by atoms with van der Waals surface area (Å²) in [7, 11) is 0. The quantitative estimate of drug-likeness (QED) is 0.606. The third-order valence-corrected chi connectivity index (χ3v) is 1.24. The molecule has 0 saturated carbocycles. The zero-order valence-corrected chi connectivity index (χ0v) is 7.28. The largest absolute Gasteiger partial charge is 0.360 e. The lowest BCUT2D eigenvalue weighted by molar-refractivity contribution is 1.00. The second kappa shape index (κ2) is 4.56. The van der Waals surface area contributed by atoms with Crippen LogP contribution in [0.15, 0.2) is 48.9 Å². The fourth-order valence-corrected chi connectivity index (χ4v) is 0.745. The number of rotatable bonds is 4. The van der Waals surface area contributed by atoms with E-state index in [0.29, 0.717) is 0 Å². The van der Waals surface area contributed by atoms with Crippen molar-refractivity contribution in [1.82, 2.24) is 5.32 Å². The van der Waals surface area contributed by atoms with Crippen LogP contribution >= 0.6 is 0 Å². The van der Waals surface area contributed by atoms with Gasteiger partial charge >= 0.3 is 0 Å². The highest BCUT2D eigenvalue weighted by atomic mass is 14.9. The van der Waals surface area contributed by atoms with E-state index in [1.165, 1.54) is 0 Å². The van der Waals surface area contributed by atoms with Crippen molar-refractivity contribution in [3.63, 3.8) is 0 Å². The summed E-state index contributed by atoms with van der Waals surface area (Å²) in [5, 5.41) is 3.02. The summed E-state index contributed by atoms with van der Waals surface area (Å²) in [4.78, 5) is 0. The van der Waals surface area contributed by atoms with Gasteiger partial charge in [-0.2, -0.15) is 0 Å². The van der Waals surface area contributed by atoms with Crippen molar-refractivity contribution < 1.29 is 0 Å². The van der Waals surface area contributed by atoms with Gasteiger partial charge in [0.05, 0.1) is 0 Å². The van der Waals surface area contributed by atoms with Crippen molar-refractivity contribution in [2.45, 2.75) is 13.8 Å². The van der Waals surface area contributed by atoms with Crippen molar-refractivity contribution in [3.8, 4) is 0 Å². The second-order valence-electron chi connectivity index (χ2n) is 2.33. The van der Waals surface area contributed by atoms with Crippen molar-refractivity contribution in [2.24, 2.45) is 0 Å². The Bertz CT molecular complexity index is 209. The molecule has 0 fully saturated rings. The van der Waals surface area contributed by atoms with E-state index in [1.54, 1.807) is 6.08 Å². The molecule has 0 aliphatic heterocycles. The molecule has 0 aromatic rings. The van der Waals surface area contributed by atoms with Gasteiger partial charge in [-0.05, 0) is 19.4 Å². The van der Waals surface area contributed by atoms with E-state index in [0.717, 1.165) is 17.0 Å². The molecule has 60 valence electrons. The van der Waals surface area contributed by atoms with Crippen LogP contribution in [-0.2, 0) is 0 Å². The fraction of sp³-hybridized carbons (Fsp3) is 0.200. The smallest absolute Gasteiger partial charge is 0.0378 e. The van der Waals surface area contributed by atoms with Gasteiger partial charge in [-0.1, -0.05) is 31.9 Å². The topological polar surface area (TPSA) is 12.0 Å². The normalized spacial score (nSPS) is 10.5. The molecule has 0 radical (unpaired) electrons. The molecule has 1 N–H and O–H groups in total. The minimum Gasteiger partial charge on any atom is -0.360 e. The number of hydrogen-bond acceptors (Lipinski definition) is 1. The molecule has 0 aromatic carbocycles. The molecule has 0 bridgehead atoms. The maximum absolute atomic E-state index is 3.83. The Hall–Kier alpha value is -1.24. The number of nitrogens with one attached hydrogen (secondary N) is 1. The van der Waals surface area contributed by atoms with Gasteiger partial charge in [0.15, 0.2) is 0 Å². The fourth-order valence-electron chi connectivity index (χ4n) is 0.745. The van der Waals surface area contributed by atoms with E-state index in [2.05, 4.69) is 25.1 Å². The zero-order chi connectivity index (χ0) is 8.85. The Morgan fingerprint density at radius 2 is 1.91 bits per heavy atom. The SMILES string of the molecule is C=C/C(=C\C)C(=C)NC(=C)C. The Morgan fingerprint density at radius 1 is 1.36 bits per heavy atom. The van der Waals surface area contributed by atoms with Crippen LogP contribution < -0.4 is 5.32 Å². The van der Waals surface area contributed by atoms with Gasteiger partial charge in [0.1, 0.15) is 0 Å². The first-order valence-electron chi connectivity index (χ1n) is 3.52.